The number of thiophene rings is 1. The van der Waals surface area contributed by atoms with E-state index >= 15 is 0 Å². The molecule has 0 aliphatic heterocycles. The van der Waals surface area contributed by atoms with Crippen molar-refractivity contribution >= 4 is 22.4 Å². The normalized spacial score (nSPS) is 11.4. The molecule has 0 aliphatic carbocycles. The molecule has 0 bridgehead atoms. The summed E-state index contributed by atoms with van der Waals surface area (Å²) in [5.74, 6) is 1.96. The molecule has 0 aromatic carbocycles. The molecule has 6 nitrogen and oxygen atoms in total. The maximum absolute atomic E-state index is 5.89. The summed E-state index contributed by atoms with van der Waals surface area (Å²) in [4.78, 5) is 10.1. The van der Waals surface area contributed by atoms with Gasteiger partial charge >= 0.3 is 0 Å². The average Bonchev–Trinajstić information content (AvgIpc) is 3.26. The van der Waals surface area contributed by atoms with Gasteiger partial charge in [0.25, 0.3) is 0 Å². The van der Waals surface area contributed by atoms with Crippen molar-refractivity contribution in [1.82, 2.24) is 19.7 Å². The van der Waals surface area contributed by atoms with Crippen LogP contribution in [0.15, 0.2) is 28.0 Å². The first-order chi connectivity index (χ1) is 12.0. The Morgan fingerprint density at radius 1 is 1.24 bits per heavy atom. The maximum atomic E-state index is 5.89. The highest BCUT2D eigenvalue weighted by Gasteiger charge is 2.15. The Labute approximate surface area is 149 Å². The Morgan fingerprint density at radius 2 is 2.08 bits per heavy atom. The van der Waals surface area contributed by atoms with Crippen molar-refractivity contribution < 1.29 is 9.15 Å². The van der Waals surface area contributed by atoms with Crippen LogP contribution in [0.5, 0.6) is 5.88 Å². The topological polar surface area (TPSA) is 66.0 Å². The molecule has 4 aromatic heterocycles. The summed E-state index contributed by atoms with van der Waals surface area (Å²) in [6, 6.07) is 5.91. The number of fused-ring (bicyclic) bond motifs is 1. The van der Waals surface area contributed by atoms with Crippen molar-refractivity contribution in [3.8, 4) is 16.6 Å². The van der Waals surface area contributed by atoms with Gasteiger partial charge in [-0.15, -0.1) is 11.3 Å². The molecule has 0 fully saturated rings. The molecule has 0 aliphatic rings. The van der Waals surface area contributed by atoms with Gasteiger partial charge in [-0.25, -0.2) is 4.98 Å². The molecule has 0 spiro atoms. The molecule has 4 heterocycles. The van der Waals surface area contributed by atoms with Gasteiger partial charge in [-0.2, -0.15) is 10.1 Å². The van der Waals surface area contributed by atoms with Crippen molar-refractivity contribution in [2.24, 2.45) is 7.05 Å². The first-order valence-corrected chi connectivity index (χ1v) is 8.85. The van der Waals surface area contributed by atoms with Gasteiger partial charge in [0.2, 0.25) is 11.8 Å². The Bertz CT molecular complexity index is 1050. The Balaban J connectivity index is 1.59. The van der Waals surface area contributed by atoms with E-state index in [1.807, 2.05) is 51.4 Å². The zero-order chi connectivity index (χ0) is 17.6. The smallest absolute Gasteiger partial charge is 0.236 e. The molecule has 128 valence electrons. The Morgan fingerprint density at radius 3 is 2.84 bits per heavy atom. The standard InChI is InChI=1S/C18H18N4O2S/c1-10-8-15(20-17-16(10)11(2)21-22(17)4)23-9-13-12(3)24-18(19-13)14-6-5-7-25-14/h5-8H,9H2,1-4H3. The van der Waals surface area contributed by atoms with E-state index in [9.17, 15) is 0 Å². The summed E-state index contributed by atoms with van der Waals surface area (Å²) in [5.41, 5.74) is 3.68. The van der Waals surface area contributed by atoms with Gasteiger partial charge in [0.15, 0.2) is 5.65 Å². The fraction of sp³-hybridized carbons (Fsp3) is 0.278. The van der Waals surface area contributed by atoms with Crippen LogP contribution in [0.25, 0.3) is 21.8 Å². The van der Waals surface area contributed by atoms with E-state index in [-0.39, 0.29) is 0 Å². The van der Waals surface area contributed by atoms with Crippen LogP contribution in [0.4, 0.5) is 0 Å². The van der Waals surface area contributed by atoms with Gasteiger partial charge in [0, 0.05) is 18.5 Å². The minimum absolute atomic E-state index is 0.315. The highest BCUT2D eigenvalue weighted by molar-refractivity contribution is 7.13. The molecule has 0 saturated heterocycles. The molecule has 0 unspecified atom stereocenters. The maximum Gasteiger partial charge on any atom is 0.236 e. The Hall–Kier alpha value is -2.67. The number of aromatic nitrogens is 4. The fourth-order valence-electron chi connectivity index (χ4n) is 2.91. The van der Waals surface area contributed by atoms with E-state index in [0.717, 1.165) is 38.6 Å². The minimum Gasteiger partial charge on any atom is -0.471 e. The number of nitrogens with zero attached hydrogens (tertiary/aromatic N) is 4. The number of pyridine rings is 1. The van der Waals surface area contributed by atoms with E-state index in [2.05, 4.69) is 15.1 Å². The monoisotopic (exact) mass is 354 g/mol. The van der Waals surface area contributed by atoms with E-state index in [0.29, 0.717) is 18.4 Å². The molecule has 4 rings (SSSR count). The summed E-state index contributed by atoms with van der Waals surface area (Å²) in [5, 5.41) is 7.51. The molecular formula is C18H18N4O2S. The largest absolute Gasteiger partial charge is 0.471 e. The molecular weight excluding hydrogens is 336 g/mol. The van der Waals surface area contributed by atoms with Crippen molar-refractivity contribution in [3.05, 3.63) is 46.3 Å². The second-order valence-electron chi connectivity index (χ2n) is 5.97. The number of oxazole rings is 1. The summed E-state index contributed by atoms with van der Waals surface area (Å²) >= 11 is 1.60. The Kier molecular flexibility index (Phi) is 3.80. The lowest BCUT2D eigenvalue weighted by molar-refractivity contribution is 0.288. The summed E-state index contributed by atoms with van der Waals surface area (Å²) in [6.45, 7) is 6.24. The number of hydrogen-bond acceptors (Lipinski definition) is 6. The molecule has 0 amide bonds. The van der Waals surface area contributed by atoms with Crippen molar-refractivity contribution in [2.75, 3.05) is 0 Å². The van der Waals surface area contributed by atoms with E-state index in [4.69, 9.17) is 9.15 Å². The van der Waals surface area contributed by atoms with E-state index < -0.39 is 0 Å². The molecule has 0 N–H and O–H groups in total. The summed E-state index contributed by atoms with van der Waals surface area (Å²) in [7, 11) is 1.89. The third-order valence-electron chi connectivity index (χ3n) is 4.12. The lowest BCUT2D eigenvalue weighted by atomic mass is 10.2. The van der Waals surface area contributed by atoms with Crippen LogP contribution < -0.4 is 4.74 Å². The van der Waals surface area contributed by atoms with Crippen LogP contribution in [0, 0.1) is 20.8 Å². The average molecular weight is 354 g/mol. The second-order valence-corrected chi connectivity index (χ2v) is 6.92. The molecule has 0 radical (unpaired) electrons. The summed E-state index contributed by atoms with van der Waals surface area (Å²) < 4.78 is 13.4. The number of hydrogen-bond donors (Lipinski definition) is 0. The van der Waals surface area contributed by atoms with Crippen LogP contribution >= 0.6 is 11.3 Å². The highest BCUT2D eigenvalue weighted by atomic mass is 32.1. The van der Waals surface area contributed by atoms with Gasteiger partial charge in [0.1, 0.15) is 18.1 Å². The van der Waals surface area contributed by atoms with Gasteiger partial charge in [0.05, 0.1) is 10.6 Å². The molecule has 4 aromatic rings. The zero-order valence-electron chi connectivity index (χ0n) is 14.5. The fourth-order valence-corrected chi connectivity index (χ4v) is 3.56. The lowest BCUT2D eigenvalue weighted by Crippen LogP contribution is -2.01. The predicted octanol–water partition coefficient (Wildman–Crippen LogP) is 4.19. The minimum atomic E-state index is 0.315. The molecule has 0 atom stereocenters. The van der Waals surface area contributed by atoms with Crippen LogP contribution in [0.3, 0.4) is 0 Å². The number of ether oxygens (including phenoxy) is 1. The van der Waals surface area contributed by atoms with Crippen LogP contribution in [0.2, 0.25) is 0 Å². The third kappa shape index (κ3) is 2.80. The van der Waals surface area contributed by atoms with Gasteiger partial charge < -0.3 is 9.15 Å². The first-order valence-electron chi connectivity index (χ1n) is 7.97. The highest BCUT2D eigenvalue weighted by Crippen LogP contribution is 2.27. The quantitative estimate of drug-likeness (QED) is 0.550. The first kappa shape index (κ1) is 15.8. The van der Waals surface area contributed by atoms with Crippen molar-refractivity contribution in [1.29, 1.82) is 0 Å². The van der Waals surface area contributed by atoms with E-state index in [1.165, 1.54) is 0 Å². The lowest BCUT2D eigenvalue weighted by Gasteiger charge is -2.06. The van der Waals surface area contributed by atoms with Gasteiger partial charge in [-0.05, 0) is 37.8 Å². The van der Waals surface area contributed by atoms with Crippen LogP contribution in [-0.2, 0) is 13.7 Å². The van der Waals surface area contributed by atoms with Crippen LogP contribution in [-0.4, -0.2) is 19.7 Å². The summed E-state index contributed by atoms with van der Waals surface area (Å²) in [6.07, 6.45) is 0. The van der Waals surface area contributed by atoms with Crippen molar-refractivity contribution in [2.45, 2.75) is 27.4 Å². The molecule has 25 heavy (non-hydrogen) atoms. The molecule has 7 heteroatoms. The van der Waals surface area contributed by atoms with E-state index in [1.54, 1.807) is 16.0 Å². The predicted molar refractivity (Wildman–Crippen MR) is 96.9 cm³/mol. The van der Waals surface area contributed by atoms with Gasteiger partial charge in [-0.3, -0.25) is 4.68 Å². The zero-order valence-corrected chi connectivity index (χ0v) is 15.3. The third-order valence-corrected chi connectivity index (χ3v) is 4.98. The number of rotatable bonds is 4. The number of aryl methyl sites for hydroxylation is 4. The van der Waals surface area contributed by atoms with Gasteiger partial charge in [-0.1, -0.05) is 6.07 Å². The molecule has 0 saturated carbocycles. The van der Waals surface area contributed by atoms with Crippen LogP contribution in [0.1, 0.15) is 22.7 Å². The van der Waals surface area contributed by atoms with Crippen molar-refractivity contribution in [3.63, 3.8) is 0 Å². The second kappa shape index (κ2) is 6.00. The SMILES string of the molecule is Cc1oc(-c2cccs2)nc1COc1cc(C)c2c(C)nn(C)c2n1.